The molecule has 2 aliphatic heterocycles. The first-order chi connectivity index (χ1) is 10.3. The predicted molar refractivity (Wildman–Crippen MR) is 84.4 cm³/mol. The third kappa shape index (κ3) is 2.43. The normalized spacial score (nSPS) is 23.9. The molecule has 1 fully saturated rings. The molecule has 1 aromatic rings. The van der Waals surface area contributed by atoms with E-state index in [4.69, 9.17) is 0 Å². The van der Waals surface area contributed by atoms with Crippen LogP contribution in [0, 0.1) is 0 Å². The number of rotatable bonds is 2. The number of hydrogen-bond acceptors (Lipinski definition) is 4. The molecule has 0 spiro atoms. The van der Waals surface area contributed by atoms with Gasteiger partial charge in [0.05, 0.1) is 11.3 Å². The molecule has 0 saturated carbocycles. The summed E-state index contributed by atoms with van der Waals surface area (Å²) in [4.78, 5) is 15.7. The minimum absolute atomic E-state index is 0.00230. The summed E-state index contributed by atoms with van der Waals surface area (Å²) in [7, 11) is 0.196. The summed E-state index contributed by atoms with van der Waals surface area (Å²) in [5.41, 5.74) is 1.59. The number of benzene rings is 1. The van der Waals surface area contributed by atoms with Gasteiger partial charge in [0.2, 0.25) is 15.9 Å². The Hall–Kier alpha value is -1.44. The van der Waals surface area contributed by atoms with Gasteiger partial charge in [-0.25, -0.2) is 8.42 Å². The number of hydrogen-bond donors (Lipinski definition) is 0. The van der Waals surface area contributed by atoms with Crippen molar-refractivity contribution >= 4 is 21.6 Å². The van der Waals surface area contributed by atoms with E-state index < -0.39 is 10.0 Å². The average molecular weight is 323 g/mol. The van der Waals surface area contributed by atoms with E-state index in [-0.39, 0.29) is 23.3 Å². The number of piperazine rings is 1. The summed E-state index contributed by atoms with van der Waals surface area (Å²) in [5.74, 6) is -0.00230. The maximum atomic E-state index is 12.9. The summed E-state index contributed by atoms with van der Waals surface area (Å²) < 4.78 is 27.3. The van der Waals surface area contributed by atoms with Crippen LogP contribution in [0.25, 0.3) is 0 Å². The van der Waals surface area contributed by atoms with Crippen molar-refractivity contribution in [2.24, 2.45) is 0 Å². The summed E-state index contributed by atoms with van der Waals surface area (Å²) in [6, 6.07) is 4.93. The van der Waals surface area contributed by atoms with Crippen molar-refractivity contribution in [3.8, 4) is 0 Å². The molecule has 1 unspecified atom stereocenters. The van der Waals surface area contributed by atoms with Gasteiger partial charge in [-0.15, -0.1) is 0 Å². The largest absolute Gasteiger partial charge is 0.315 e. The maximum absolute atomic E-state index is 12.9. The lowest BCUT2D eigenvalue weighted by Crippen LogP contribution is -2.52. The molecule has 22 heavy (non-hydrogen) atoms. The predicted octanol–water partition coefficient (Wildman–Crippen LogP) is 0.530. The number of carbonyl (C=O) groups excluding carboxylic acids is 1. The van der Waals surface area contributed by atoms with E-state index in [0.717, 1.165) is 24.3 Å². The second kappa shape index (κ2) is 5.33. The van der Waals surface area contributed by atoms with Crippen LogP contribution in [0.1, 0.15) is 12.5 Å². The van der Waals surface area contributed by atoms with Crippen molar-refractivity contribution < 1.29 is 13.2 Å². The molecule has 0 radical (unpaired) electrons. The van der Waals surface area contributed by atoms with Gasteiger partial charge in [-0.05, 0) is 37.7 Å². The number of nitrogens with zero attached hydrogens (tertiary/aromatic N) is 3. The van der Waals surface area contributed by atoms with E-state index in [1.807, 2.05) is 14.0 Å². The first-order valence-electron chi connectivity index (χ1n) is 7.40. The summed E-state index contributed by atoms with van der Waals surface area (Å²) in [6.45, 7) is 3.88. The van der Waals surface area contributed by atoms with Gasteiger partial charge in [-0.2, -0.15) is 4.31 Å². The Morgan fingerprint density at radius 2 is 1.91 bits per heavy atom. The number of anilines is 1. The van der Waals surface area contributed by atoms with Gasteiger partial charge >= 0.3 is 0 Å². The summed E-state index contributed by atoms with van der Waals surface area (Å²) >= 11 is 0. The molecule has 0 aliphatic carbocycles. The Bertz CT molecular complexity index is 717. The fourth-order valence-corrected chi connectivity index (χ4v) is 4.89. The standard InChI is InChI=1S/C15H21N3O3S/c1-11-10-16(2)6-7-18(11)22(20,21)13-4-5-14-12(8-13)9-15(19)17(14)3/h4-5,8,11H,6-7,9-10H2,1-3H3. The first kappa shape index (κ1) is 15.5. The minimum atomic E-state index is -3.51. The topological polar surface area (TPSA) is 60.9 Å². The van der Waals surface area contributed by atoms with Crippen LogP contribution >= 0.6 is 0 Å². The summed E-state index contributed by atoms with van der Waals surface area (Å²) in [5, 5.41) is 0. The lowest BCUT2D eigenvalue weighted by Gasteiger charge is -2.37. The van der Waals surface area contributed by atoms with Gasteiger partial charge in [0.1, 0.15) is 0 Å². The van der Waals surface area contributed by atoms with E-state index >= 15 is 0 Å². The van der Waals surface area contributed by atoms with Crippen LogP contribution in [-0.2, 0) is 21.2 Å². The number of fused-ring (bicyclic) bond motifs is 1. The zero-order valence-corrected chi connectivity index (χ0v) is 13.9. The molecule has 1 atom stereocenters. The van der Waals surface area contributed by atoms with Crippen molar-refractivity contribution in [1.29, 1.82) is 0 Å². The van der Waals surface area contributed by atoms with E-state index in [1.54, 1.807) is 34.5 Å². The van der Waals surface area contributed by atoms with E-state index in [2.05, 4.69) is 4.90 Å². The van der Waals surface area contributed by atoms with Gasteiger partial charge in [0, 0.05) is 38.4 Å². The number of sulfonamides is 1. The molecular formula is C15H21N3O3S. The van der Waals surface area contributed by atoms with Crippen molar-refractivity contribution in [2.45, 2.75) is 24.3 Å². The molecule has 2 heterocycles. The Balaban J connectivity index is 1.94. The van der Waals surface area contributed by atoms with Crippen LogP contribution < -0.4 is 4.90 Å². The maximum Gasteiger partial charge on any atom is 0.243 e. The number of carbonyl (C=O) groups is 1. The molecule has 1 amide bonds. The number of amides is 1. The lowest BCUT2D eigenvalue weighted by molar-refractivity contribution is -0.117. The van der Waals surface area contributed by atoms with Crippen molar-refractivity contribution in [3.05, 3.63) is 23.8 Å². The van der Waals surface area contributed by atoms with Crippen LogP contribution in [0.3, 0.4) is 0 Å². The lowest BCUT2D eigenvalue weighted by atomic mass is 10.2. The fraction of sp³-hybridized carbons (Fsp3) is 0.533. The van der Waals surface area contributed by atoms with Crippen molar-refractivity contribution in [2.75, 3.05) is 38.6 Å². The highest BCUT2D eigenvalue weighted by Gasteiger charge is 2.34. The van der Waals surface area contributed by atoms with E-state index in [9.17, 15) is 13.2 Å². The first-order valence-corrected chi connectivity index (χ1v) is 8.84. The highest BCUT2D eigenvalue weighted by molar-refractivity contribution is 7.89. The van der Waals surface area contributed by atoms with E-state index in [0.29, 0.717) is 6.54 Å². The smallest absolute Gasteiger partial charge is 0.243 e. The number of likely N-dealkylation sites (N-methyl/N-ethyl adjacent to an activating group) is 2. The van der Waals surface area contributed by atoms with Gasteiger partial charge in [-0.1, -0.05) is 0 Å². The zero-order valence-electron chi connectivity index (χ0n) is 13.1. The van der Waals surface area contributed by atoms with Gasteiger partial charge in [0.15, 0.2) is 0 Å². The second-order valence-corrected chi connectivity index (χ2v) is 8.04. The van der Waals surface area contributed by atoms with Crippen LogP contribution in [0.4, 0.5) is 5.69 Å². The molecular weight excluding hydrogens is 302 g/mol. The molecule has 0 N–H and O–H groups in total. The highest BCUT2D eigenvalue weighted by atomic mass is 32.2. The zero-order chi connectivity index (χ0) is 16.1. The Morgan fingerprint density at radius 1 is 1.18 bits per heavy atom. The Morgan fingerprint density at radius 3 is 2.59 bits per heavy atom. The van der Waals surface area contributed by atoms with Crippen LogP contribution in [0.5, 0.6) is 0 Å². The third-order valence-corrected chi connectivity index (χ3v) is 6.51. The van der Waals surface area contributed by atoms with Crippen molar-refractivity contribution in [3.63, 3.8) is 0 Å². The van der Waals surface area contributed by atoms with Gasteiger partial charge in [-0.3, -0.25) is 4.79 Å². The molecule has 3 rings (SSSR count). The quantitative estimate of drug-likeness (QED) is 0.796. The van der Waals surface area contributed by atoms with Crippen LogP contribution in [-0.4, -0.2) is 63.3 Å². The third-order valence-electron chi connectivity index (χ3n) is 4.50. The fourth-order valence-electron chi connectivity index (χ4n) is 3.22. The minimum Gasteiger partial charge on any atom is -0.315 e. The second-order valence-electron chi connectivity index (χ2n) is 6.15. The molecule has 1 saturated heterocycles. The SMILES string of the molecule is CC1CN(C)CCN1S(=O)(=O)c1ccc2c(c1)CC(=O)N2C. The molecule has 0 aromatic heterocycles. The van der Waals surface area contributed by atoms with E-state index in [1.165, 1.54) is 0 Å². The van der Waals surface area contributed by atoms with Crippen molar-refractivity contribution in [1.82, 2.24) is 9.21 Å². The highest BCUT2D eigenvalue weighted by Crippen LogP contribution is 2.31. The van der Waals surface area contributed by atoms with Gasteiger partial charge < -0.3 is 9.80 Å². The van der Waals surface area contributed by atoms with Crippen LogP contribution in [0.2, 0.25) is 0 Å². The summed E-state index contributed by atoms with van der Waals surface area (Å²) in [6.07, 6.45) is 0.271. The average Bonchev–Trinajstić information content (AvgIpc) is 2.73. The molecule has 0 bridgehead atoms. The Kier molecular flexibility index (Phi) is 3.74. The molecule has 6 nitrogen and oxygen atoms in total. The monoisotopic (exact) mass is 323 g/mol. The van der Waals surface area contributed by atoms with Gasteiger partial charge in [0.25, 0.3) is 0 Å². The molecule has 7 heteroatoms. The Labute approximate surface area is 131 Å². The molecule has 120 valence electrons. The molecule has 1 aromatic carbocycles. The molecule has 2 aliphatic rings. The van der Waals surface area contributed by atoms with Crippen LogP contribution in [0.15, 0.2) is 23.1 Å².